The smallest absolute Gasteiger partial charge is 0.245 e. The topological polar surface area (TPSA) is 83.6 Å². The fourth-order valence-corrected chi connectivity index (χ4v) is 4.44. The van der Waals surface area contributed by atoms with E-state index in [-0.39, 0.29) is 17.1 Å². The van der Waals surface area contributed by atoms with Crippen molar-refractivity contribution in [3.05, 3.63) is 23.8 Å². The average molecular weight is 298 g/mol. The van der Waals surface area contributed by atoms with E-state index >= 15 is 0 Å². The maximum absolute atomic E-state index is 12.6. The molecule has 20 heavy (non-hydrogen) atoms. The van der Waals surface area contributed by atoms with E-state index in [9.17, 15) is 13.5 Å². The number of hydrogen-bond donors (Lipinski definition) is 2. The van der Waals surface area contributed by atoms with Crippen LogP contribution in [0.1, 0.15) is 31.2 Å². The molecule has 1 aromatic rings. The van der Waals surface area contributed by atoms with Gasteiger partial charge in [-0.25, -0.2) is 8.42 Å². The highest BCUT2D eigenvalue weighted by atomic mass is 32.2. The van der Waals surface area contributed by atoms with Crippen LogP contribution >= 0.6 is 0 Å². The molecule has 0 bridgehead atoms. The Balaban J connectivity index is 2.30. The molecule has 0 unspecified atom stereocenters. The highest BCUT2D eigenvalue weighted by molar-refractivity contribution is 7.89. The van der Waals surface area contributed by atoms with Crippen molar-refractivity contribution in [1.82, 2.24) is 4.31 Å². The minimum atomic E-state index is -3.68. The summed E-state index contributed by atoms with van der Waals surface area (Å²) in [6.45, 7) is 1.84. The van der Waals surface area contributed by atoms with Gasteiger partial charge in [-0.3, -0.25) is 0 Å². The van der Waals surface area contributed by atoms with Crippen molar-refractivity contribution < 1.29 is 13.5 Å². The summed E-state index contributed by atoms with van der Waals surface area (Å²) in [6.07, 6.45) is 3.18. The lowest BCUT2D eigenvalue weighted by Gasteiger charge is -2.28. The van der Waals surface area contributed by atoms with Crippen LogP contribution in [0.5, 0.6) is 0 Å². The Hall–Kier alpha value is -1.11. The van der Waals surface area contributed by atoms with Crippen molar-refractivity contribution in [2.75, 3.05) is 19.3 Å². The molecule has 1 aliphatic carbocycles. The van der Waals surface area contributed by atoms with E-state index in [1.807, 2.05) is 0 Å². The summed E-state index contributed by atoms with van der Waals surface area (Å²) in [5.74, 6) is 0. The third-order valence-corrected chi connectivity index (χ3v) is 5.99. The third kappa shape index (κ3) is 2.82. The molecule has 112 valence electrons. The quantitative estimate of drug-likeness (QED) is 0.825. The molecule has 1 fully saturated rings. The zero-order chi connectivity index (χ0) is 15.0. The van der Waals surface area contributed by atoms with E-state index in [4.69, 9.17) is 5.73 Å². The van der Waals surface area contributed by atoms with Crippen molar-refractivity contribution >= 4 is 15.7 Å². The van der Waals surface area contributed by atoms with Crippen LogP contribution in [0.4, 0.5) is 5.69 Å². The standard InChI is InChI=1S/C14H22N2O3S/c1-11-6-5-7-12(15)13(11)20(18,19)16(2)10-14(17)8-3-4-9-14/h5-7,17H,3-4,8-10,15H2,1-2H3. The molecule has 0 spiro atoms. The van der Waals surface area contributed by atoms with Gasteiger partial charge >= 0.3 is 0 Å². The maximum atomic E-state index is 12.6. The van der Waals surface area contributed by atoms with Crippen molar-refractivity contribution in [1.29, 1.82) is 0 Å². The Morgan fingerprint density at radius 1 is 1.35 bits per heavy atom. The van der Waals surface area contributed by atoms with E-state index in [1.165, 1.54) is 11.4 Å². The zero-order valence-corrected chi connectivity index (χ0v) is 12.8. The van der Waals surface area contributed by atoms with Gasteiger partial charge in [-0.1, -0.05) is 25.0 Å². The number of aryl methyl sites for hydroxylation is 1. The summed E-state index contributed by atoms with van der Waals surface area (Å²) in [7, 11) is -2.18. The molecule has 3 N–H and O–H groups in total. The van der Waals surface area contributed by atoms with Gasteiger partial charge in [0.15, 0.2) is 0 Å². The second-order valence-corrected chi connectivity index (χ2v) is 7.67. The number of nitrogen functional groups attached to an aromatic ring is 1. The molecule has 0 saturated heterocycles. The van der Waals surface area contributed by atoms with Crippen molar-refractivity contribution in [2.45, 2.75) is 43.1 Å². The molecule has 1 aliphatic rings. The molecule has 1 aromatic carbocycles. The highest BCUT2D eigenvalue weighted by Crippen LogP contribution is 2.32. The molecule has 0 atom stereocenters. The molecular weight excluding hydrogens is 276 g/mol. The molecule has 6 heteroatoms. The summed E-state index contributed by atoms with van der Waals surface area (Å²) in [5.41, 5.74) is 5.78. The van der Waals surface area contributed by atoms with Crippen molar-refractivity contribution in [2.24, 2.45) is 0 Å². The first kappa shape index (κ1) is 15.3. The molecule has 0 amide bonds. The predicted molar refractivity (Wildman–Crippen MR) is 78.8 cm³/mol. The van der Waals surface area contributed by atoms with Gasteiger partial charge in [-0.15, -0.1) is 0 Å². The molecule has 0 aliphatic heterocycles. The van der Waals surface area contributed by atoms with Gasteiger partial charge in [0.1, 0.15) is 4.90 Å². The van der Waals surface area contributed by atoms with Gasteiger partial charge in [-0.2, -0.15) is 4.31 Å². The number of benzene rings is 1. The number of rotatable bonds is 4. The Bertz CT molecular complexity index is 572. The van der Waals surface area contributed by atoms with Crippen LogP contribution in [0.25, 0.3) is 0 Å². The molecule has 2 rings (SSSR count). The minimum Gasteiger partial charge on any atom is -0.398 e. The van der Waals surface area contributed by atoms with Crippen LogP contribution in [-0.4, -0.2) is 37.0 Å². The number of sulfonamides is 1. The Kier molecular flexibility index (Phi) is 4.09. The number of likely N-dealkylation sites (N-methyl/N-ethyl adjacent to an activating group) is 1. The van der Waals surface area contributed by atoms with Gasteiger partial charge in [0.25, 0.3) is 0 Å². The zero-order valence-electron chi connectivity index (χ0n) is 12.0. The normalized spacial score (nSPS) is 18.6. The molecular formula is C14H22N2O3S. The van der Waals surface area contributed by atoms with E-state index in [2.05, 4.69) is 0 Å². The van der Waals surface area contributed by atoms with Gasteiger partial charge < -0.3 is 10.8 Å². The molecule has 0 radical (unpaired) electrons. The number of hydrogen-bond acceptors (Lipinski definition) is 4. The fourth-order valence-electron chi connectivity index (χ4n) is 2.87. The summed E-state index contributed by atoms with van der Waals surface area (Å²) >= 11 is 0. The largest absolute Gasteiger partial charge is 0.398 e. The van der Waals surface area contributed by atoms with Crippen LogP contribution in [0.15, 0.2) is 23.1 Å². The summed E-state index contributed by atoms with van der Waals surface area (Å²) in [5, 5.41) is 10.4. The van der Waals surface area contributed by atoms with Crippen LogP contribution in [-0.2, 0) is 10.0 Å². The summed E-state index contributed by atoms with van der Waals surface area (Å²) < 4.78 is 26.5. The van der Waals surface area contributed by atoms with E-state index in [1.54, 1.807) is 25.1 Å². The molecule has 5 nitrogen and oxygen atoms in total. The number of nitrogens with two attached hydrogens (primary N) is 1. The number of nitrogens with zero attached hydrogens (tertiary/aromatic N) is 1. The van der Waals surface area contributed by atoms with E-state index in [0.29, 0.717) is 18.4 Å². The van der Waals surface area contributed by atoms with E-state index in [0.717, 1.165) is 12.8 Å². The van der Waals surface area contributed by atoms with Crippen LogP contribution in [0, 0.1) is 6.92 Å². The summed E-state index contributed by atoms with van der Waals surface area (Å²) in [4.78, 5) is 0.143. The number of aliphatic hydroxyl groups is 1. The minimum absolute atomic E-state index is 0.114. The van der Waals surface area contributed by atoms with Gasteiger partial charge in [-0.05, 0) is 31.4 Å². The molecule has 0 heterocycles. The van der Waals surface area contributed by atoms with Crippen LogP contribution < -0.4 is 5.73 Å². The second kappa shape index (κ2) is 5.35. The lowest BCUT2D eigenvalue weighted by atomic mass is 10.0. The lowest BCUT2D eigenvalue weighted by Crippen LogP contribution is -2.42. The van der Waals surface area contributed by atoms with Crippen molar-refractivity contribution in [3.63, 3.8) is 0 Å². The van der Waals surface area contributed by atoms with Gasteiger partial charge in [0, 0.05) is 13.6 Å². The SMILES string of the molecule is Cc1cccc(N)c1S(=O)(=O)N(C)CC1(O)CCCC1. The van der Waals surface area contributed by atoms with Crippen molar-refractivity contribution in [3.8, 4) is 0 Å². The lowest BCUT2D eigenvalue weighted by molar-refractivity contribution is 0.0333. The summed E-state index contributed by atoms with van der Waals surface area (Å²) in [6, 6.07) is 5.04. The highest BCUT2D eigenvalue weighted by Gasteiger charge is 2.36. The van der Waals surface area contributed by atoms with Gasteiger partial charge in [0.05, 0.1) is 11.3 Å². The van der Waals surface area contributed by atoms with Gasteiger partial charge in [0.2, 0.25) is 10.0 Å². The molecule has 1 saturated carbocycles. The van der Waals surface area contributed by atoms with Crippen LogP contribution in [0.3, 0.4) is 0 Å². The van der Waals surface area contributed by atoms with E-state index < -0.39 is 15.6 Å². The fraction of sp³-hybridized carbons (Fsp3) is 0.571. The third-order valence-electron chi connectivity index (χ3n) is 3.96. The predicted octanol–water partition coefficient (Wildman–Crippen LogP) is 1.50. The van der Waals surface area contributed by atoms with Crippen LogP contribution in [0.2, 0.25) is 0 Å². The molecule has 0 aromatic heterocycles. The first-order valence-corrected chi connectivity index (χ1v) is 8.24. The Labute approximate surface area is 120 Å². The second-order valence-electron chi connectivity index (χ2n) is 5.69. The maximum Gasteiger partial charge on any atom is 0.245 e. The average Bonchev–Trinajstić information content (AvgIpc) is 2.75. The monoisotopic (exact) mass is 298 g/mol. The Morgan fingerprint density at radius 2 is 1.95 bits per heavy atom. The first-order valence-electron chi connectivity index (χ1n) is 6.80. The first-order chi connectivity index (χ1) is 9.26. The number of anilines is 1. The Morgan fingerprint density at radius 3 is 2.50 bits per heavy atom.